The van der Waals surface area contributed by atoms with E-state index >= 15 is 0 Å². The Morgan fingerprint density at radius 1 is 1.42 bits per heavy atom. The van der Waals surface area contributed by atoms with Crippen LogP contribution in [0.2, 0.25) is 0 Å². The van der Waals surface area contributed by atoms with Gasteiger partial charge in [0.05, 0.1) is 27.9 Å². The summed E-state index contributed by atoms with van der Waals surface area (Å²) in [4.78, 5) is 10.8. The maximum absolute atomic E-state index is 10.8. The number of ether oxygens (including phenoxy) is 2. The van der Waals surface area contributed by atoms with Crippen molar-refractivity contribution in [3.8, 4) is 11.5 Å². The molecule has 0 aromatic heterocycles. The monoisotopic (exact) mass is 172 g/mol. The van der Waals surface area contributed by atoms with Crippen molar-refractivity contribution in [3.05, 3.63) is 23.8 Å². The van der Waals surface area contributed by atoms with Crippen LogP contribution in [-0.2, 0) is 0 Å². The second-order valence-corrected chi connectivity index (χ2v) is 2.00. The van der Waals surface area contributed by atoms with Crippen LogP contribution >= 0.6 is 0 Å². The zero-order valence-corrected chi connectivity index (χ0v) is 6.03. The SMILES string of the molecule is [2H]C([2H])([2H])Oc1cccc(C=O)c1OC([2H])([2H])[2H]. The van der Waals surface area contributed by atoms with Crippen molar-refractivity contribution in [3.63, 3.8) is 0 Å². The molecule has 0 atom stereocenters. The molecule has 0 spiro atoms. The third-order valence-electron chi connectivity index (χ3n) is 1.35. The molecule has 0 aliphatic heterocycles. The highest BCUT2D eigenvalue weighted by molar-refractivity contribution is 5.81. The minimum Gasteiger partial charge on any atom is -0.493 e. The van der Waals surface area contributed by atoms with E-state index in [2.05, 4.69) is 9.47 Å². The summed E-state index contributed by atoms with van der Waals surface area (Å²) < 4.78 is 50.9. The van der Waals surface area contributed by atoms with E-state index in [-0.39, 0.29) is 11.3 Å². The Hall–Kier alpha value is -1.51. The van der Waals surface area contributed by atoms with E-state index in [1.165, 1.54) is 18.2 Å². The third kappa shape index (κ3) is 1.39. The molecular formula is C9H10O3. The number of aldehydes is 1. The Kier molecular flexibility index (Phi) is 1.09. The van der Waals surface area contributed by atoms with Gasteiger partial charge in [-0.15, -0.1) is 0 Å². The van der Waals surface area contributed by atoms with Gasteiger partial charge >= 0.3 is 0 Å². The number of carbonyl (C=O) groups excluding carboxylic acids is 1. The molecule has 0 saturated carbocycles. The Morgan fingerprint density at radius 2 is 2.25 bits per heavy atom. The summed E-state index contributed by atoms with van der Waals surface area (Å²) in [6.45, 7) is 0. The molecule has 0 amide bonds. The third-order valence-corrected chi connectivity index (χ3v) is 1.35. The Labute approximate surface area is 79.3 Å². The molecule has 0 radical (unpaired) electrons. The van der Waals surface area contributed by atoms with Crippen LogP contribution in [0.4, 0.5) is 0 Å². The van der Waals surface area contributed by atoms with E-state index in [0.29, 0.717) is 6.29 Å². The van der Waals surface area contributed by atoms with Crippen LogP contribution in [0.5, 0.6) is 11.5 Å². The molecule has 1 rings (SSSR count). The smallest absolute Gasteiger partial charge is 0.171 e. The van der Waals surface area contributed by atoms with E-state index < -0.39 is 19.8 Å². The van der Waals surface area contributed by atoms with Gasteiger partial charge in [-0.05, 0) is 12.1 Å². The van der Waals surface area contributed by atoms with Gasteiger partial charge in [-0.2, -0.15) is 0 Å². The molecule has 0 unspecified atom stereocenters. The highest BCUT2D eigenvalue weighted by atomic mass is 16.5. The number of rotatable bonds is 3. The lowest BCUT2D eigenvalue weighted by molar-refractivity contribution is 0.112. The summed E-state index contributed by atoms with van der Waals surface area (Å²) in [5.41, 5.74) is -0.104. The zero-order chi connectivity index (χ0) is 14.0. The molecule has 0 aliphatic carbocycles. The van der Waals surface area contributed by atoms with Crippen LogP contribution in [0.3, 0.4) is 0 Å². The van der Waals surface area contributed by atoms with Crippen LogP contribution < -0.4 is 9.47 Å². The minimum atomic E-state index is -2.81. The molecule has 1 aromatic rings. The van der Waals surface area contributed by atoms with E-state index in [4.69, 9.17) is 8.22 Å². The van der Waals surface area contributed by atoms with E-state index in [9.17, 15) is 4.79 Å². The highest BCUT2D eigenvalue weighted by Crippen LogP contribution is 2.29. The molecule has 0 fully saturated rings. The largest absolute Gasteiger partial charge is 0.493 e. The zero-order valence-electron chi connectivity index (χ0n) is 12.0. The summed E-state index contributed by atoms with van der Waals surface area (Å²) in [7, 11) is -5.58. The van der Waals surface area contributed by atoms with Crippen molar-refractivity contribution in [2.75, 3.05) is 14.1 Å². The maximum Gasteiger partial charge on any atom is 0.171 e. The normalized spacial score (nSPS) is 18.7. The van der Waals surface area contributed by atoms with Crippen LogP contribution in [-0.4, -0.2) is 20.4 Å². The number of hydrogen-bond acceptors (Lipinski definition) is 3. The molecule has 0 saturated heterocycles. The summed E-state index contributed by atoms with van der Waals surface area (Å²) in [5.74, 6) is -0.737. The minimum absolute atomic E-state index is 0.104. The van der Waals surface area contributed by atoms with Crippen molar-refractivity contribution in [1.82, 2.24) is 0 Å². The molecular weight excluding hydrogens is 156 g/mol. The lowest BCUT2D eigenvalue weighted by Crippen LogP contribution is -1.94. The topological polar surface area (TPSA) is 35.5 Å². The number of hydrogen-bond donors (Lipinski definition) is 0. The number of carbonyl (C=O) groups is 1. The van der Waals surface area contributed by atoms with Gasteiger partial charge in [0.2, 0.25) is 0 Å². The fraction of sp³-hybridized carbons (Fsp3) is 0.222. The first-order valence-electron chi connectivity index (χ1n) is 6.08. The van der Waals surface area contributed by atoms with Gasteiger partial charge in [0.15, 0.2) is 17.8 Å². The predicted octanol–water partition coefficient (Wildman–Crippen LogP) is 1.52. The van der Waals surface area contributed by atoms with Gasteiger partial charge in [-0.1, -0.05) is 6.07 Å². The van der Waals surface area contributed by atoms with Crippen LogP contribution in [0.25, 0.3) is 0 Å². The van der Waals surface area contributed by atoms with Crippen molar-refractivity contribution >= 4 is 6.29 Å². The molecule has 64 valence electrons. The van der Waals surface area contributed by atoms with Gasteiger partial charge in [0.1, 0.15) is 0 Å². The highest BCUT2D eigenvalue weighted by Gasteiger charge is 2.07. The fourth-order valence-corrected chi connectivity index (χ4v) is 0.815. The molecule has 0 heterocycles. The number of methoxy groups -OCH3 is 2. The fourth-order valence-electron chi connectivity index (χ4n) is 0.815. The van der Waals surface area contributed by atoms with Gasteiger partial charge in [0, 0.05) is 0 Å². The number of benzene rings is 1. The average molecular weight is 172 g/mol. The van der Waals surface area contributed by atoms with Gasteiger partial charge < -0.3 is 9.47 Å². The lowest BCUT2D eigenvalue weighted by Gasteiger charge is -2.07. The van der Waals surface area contributed by atoms with Gasteiger partial charge in [-0.3, -0.25) is 4.79 Å². The summed E-state index contributed by atoms with van der Waals surface area (Å²) in [5, 5.41) is 0. The Balaban J connectivity index is 3.20. The standard InChI is InChI=1S/C9H10O3/c1-11-8-5-3-4-7(6-10)9(8)12-2/h3-6H,1-2H3/i1D3,2D3. The Morgan fingerprint density at radius 3 is 2.92 bits per heavy atom. The first kappa shape index (κ1) is 3.47. The first-order valence-corrected chi connectivity index (χ1v) is 3.08. The summed E-state index contributed by atoms with van der Waals surface area (Å²) in [6, 6.07) is 3.86. The summed E-state index contributed by atoms with van der Waals surface area (Å²) in [6.07, 6.45) is 0.355. The van der Waals surface area contributed by atoms with Crippen LogP contribution in [0.1, 0.15) is 18.6 Å². The van der Waals surface area contributed by atoms with Crippen molar-refractivity contribution in [1.29, 1.82) is 0 Å². The number of para-hydroxylation sites is 1. The van der Waals surface area contributed by atoms with Gasteiger partial charge in [0.25, 0.3) is 0 Å². The molecule has 0 bridgehead atoms. The second kappa shape index (κ2) is 3.76. The molecule has 3 nitrogen and oxygen atoms in total. The van der Waals surface area contributed by atoms with Crippen molar-refractivity contribution < 1.29 is 22.5 Å². The second-order valence-electron chi connectivity index (χ2n) is 2.00. The van der Waals surface area contributed by atoms with E-state index in [0.717, 1.165) is 0 Å². The Bertz CT molecular complexity index is 437. The van der Waals surface area contributed by atoms with Crippen molar-refractivity contribution in [2.24, 2.45) is 0 Å². The first-order chi connectivity index (χ1) is 8.12. The quantitative estimate of drug-likeness (QED) is 0.648. The van der Waals surface area contributed by atoms with E-state index in [1.54, 1.807) is 0 Å². The van der Waals surface area contributed by atoms with Gasteiger partial charge in [-0.25, -0.2) is 0 Å². The van der Waals surface area contributed by atoms with Crippen molar-refractivity contribution in [2.45, 2.75) is 0 Å². The molecule has 12 heavy (non-hydrogen) atoms. The van der Waals surface area contributed by atoms with E-state index in [1.807, 2.05) is 0 Å². The molecule has 1 aromatic carbocycles. The maximum atomic E-state index is 10.8. The molecule has 3 heteroatoms. The predicted molar refractivity (Wildman–Crippen MR) is 44.9 cm³/mol. The lowest BCUT2D eigenvalue weighted by atomic mass is 10.2. The molecule has 0 aliphatic rings. The summed E-state index contributed by atoms with van der Waals surface area (Å²) >= 11 is 0. The average Bonchev–Trinajstić information content (AvgIpc) is 2.16. The molecule has 0 N–H and O–H groups in total. The van der Waals surface area contributed by atoms with Crippen LogP contribution in [0, 0.1) is 0 Å². The van der Waals surface area contributed by atoms with Crippen LogP contribution in [0.15, 0.2) is 18.2 Å².